The van der Waals surface area contributed by atoms with Crippen LogP contribution in [0.1, 0.15) is 5.69 Å². The second kappa shape index (κ2) is 3.32. The summed E-state index contributed by atoms with van der Waals surface area (Å²) in [5, 5.41) is 9.18. The van der Waals surface area contributed by atoms with Crippen molar-refractivity contribution in [1.82, 2.24) is 4.98 Å². The van der Waals surface area contributed by atoms with Crippen molar-refractivity contribution < 1.29 is 5.11 Å². The summed E-state index contributed by atoms with van der Waals surface area (Å²) in [6.07, 6.45) is 0. The van der Waals surface area contributed by atoms with Crippen LogP contribution in [-0.4, -0.2) is 10.1 Å². The molecule has 0 aliphatic rings. The first-order chi connectivity index (χ1) is 4.74. The maximum absolute atomic E-state index is 8.63. The fourth-order valence-electron chi connectivity index (χ4n) is 0.543. The van der Waals surface area contributed by atoms with Gasteiger partial charge in [-0.15, -0.1) is 0 Å². The first kappa shape index (κ1) is 7.98. The van der Waals surface area contributed by atoms with Crippen molar-refractivity contribution in [3.05, 3.63) is 27.5 Å². The Balaban J connectivity index is 3.04. The Kier molecular flexibility index (Phi) is 2.65. The van der Waals surface area contributed by atoms with Crippen LogP contribution in [0, 0.1) is 0 Å². The molecule has 54 valence electrons. The van der Waals surface area contributed by atoms with Gasteiger partial charge in [-0.1, -0.05) is 11.6 Å². The van der Waals surface area contributed by atoms with E-state index in [2.05, 4.69) is 20.9 Å². The Hall–Kier alpha value is -0.120. The lowest BCUT2D eigenvalue weighted by Crippen LogP contribution is -1.88. The molecule has 1 aromatic rings. The van der Waals surface area contributed by atoms with Crippen LogP contribution in [0.15, 0.2) is 16.7 Å². The van der Waals surface area contributed by atoms with E-state index in [0.29, 0.717) is 15.3 Å². The Labute approximate surface area is 72.0 Å². The standard InChI is InChI=1S/C6H5BrClNO/c7-6-5(8)2-1-4(3-10)9-6/h1-2,10H,3H2. The topological polar surface area (TPSA) is 33.1 Å². The van der Waals surface area contributed by atoms with Crippen LogP contribution in [0.2, 0.25) is 5.02 Å². The summed E-state index contributed by atoms with van der Waals surface area (Å²) in [5.41, 5.74) is 0.608. The average molecular weight is 222 g/mol. The molecule has 1 N–H and O–H groups in total. The molecule has 1 rings (SSSR count). The number of aliphatic hydroxyl groups is 1. The summed E-state index contributed by atoms with van der Waals surface area (Å²) >= 11 is 8.78. The number of halogens is 2. The number of nitrogens with zero attached hydrogens (tertiary/aromatic N) is 1. The molecule has 4 heteroatoms. The molecule has 0 saturated heterocycles. The van der Waals surface area contributed by atoms with Gasteiger partial charge >= 0.3 is 0 Å². The highest BCUT2D eigenvalue weighted by Gasteiger charge is 1.97. The van der Waals surface area contributed by atoms with Crippen molar-refractivity contribution in [1.29, 1.82) is 0 Å². The van der Waals surface area contributed by atoms with Gasteiger partial charge in [-0.05, 0) is 28.1 Å². The number of aliphatic hydroxyl groups excluding tert-OH is 1. The highest BCUT2D eigenvalue weighted by Crippen LogP contribution is 2.19. The van der Waals surface area contributed by atoms with Crippen molar-refractivity contribution in [2.45, 2.75) is 6.61 Å². The van der Waals surface area contributed by atoms with Gasteiger partial charge < -0.3 is 5.11 Å². The normalized spacial score (nSPS) is 9.90. The van der Waals surface area contributed by atoms with Crippen LogP contribution in [0.4, 0.5) is 0 Å². The maximum atomic E-state index is 8.63. The fourth-order valence-corrected chi connectivity index (χ4v) is 1.01. The van der Waals surface area contributed by atoms with Crippen molar-refractivity contribution in [2.75, 3.05) is 0 Å². The van der Waals surface area contributed by atoms with Crippen LogP contribution in [0.5, 0.6) is 0 Å². The number of pyridine rings is 1. The molecule has 0 amide bonds. The third kappa shape index (κ3) is 1.68. The molecule has 1 heterocycles. The molecule has 0 aliphatic carbocycles. The molecule has 1 aromatic heterocycles. The van der Waals surface area contributed by atoms with E-state index in [9.17, 15) is 0 Å². The van der Waals surface area contributed by atoms with E-state index >= 15 is 0 Å². The van der Waals surface area contributed by atoms with E-state index in [1.165, 1.54) is 0 Å². The molecule has 0 fully saturated rings. The summed E-state index contributed by atoms with van der Waals surface area (Å²) in [6.45, 7) is -0.0598. The van der Waals surface area contributed by atoms with Gasteiger partial charge in [-0.2, -0.15) is 0 Å². The van der Waals surface area contributed by atoms with Gasteiger partial charge in [0.2, 0.25) is 0 Å². The van der Waals surface area contributed by atoms with Gasteiger partial charge in [-0.3, -0.25) is 0 Å². The maximum Gasteiger partial charge on any atom is 0.125 e. The predicted octanol–water partition coefficient (Wildman–Crippen LogP) is 1.99. The lowest BCUT2D eigenvalue weighted by molar-refractivity contribution is 0.276. The molecule has 2 nitrogen and oxygen atoms in total. The summed E-state index contributed by atoms with van der Waals surface area (Å²) in [6, 6.07) is 3.36. The summed E-state index contributed by atoms with van der Waals surface area (Å²) < 4.78 is 0.570. The van der Waals surface area contributed by atoms with Gasteiger partial charge in [0.05, 0.1) is 17.3 Å². The Morgan fingerprint density at radius 1 is 1.60 bits per heavy atom. The molecule has 0 spiro atoms. The molecular formula is C6H5BrClNO. The third-order valence-electron chi connectivity index (χ3n) is 1.02. The van der Waals surface area contributed by atoms with Crippen molar-refractivity contribution in [3.63, 3.8) is 0 Å². The van der Waals surface area contributed by atoms with Gasteiger partial charge in [0.1, 0.15) is 4.60 Å². The summed E-state index contributed by atoms with van der Waals surface area (Å²) in [7, 11) is 0. The van der Waals surface area contributed by atoms with Gasteiger partial charge in [-0.25, -0.2) is 4.98 Å². The number of hydrogen-bond acceptors (Lipinski definition) is 2. The second-order valence-corrected chi connectivity index (χ2v) is 2.89. The Bertz CT molecular complexity index is 241. The Morgan fingerprint density at radius 2 is 2.30 bits per heavy atom. The highest BCUT2D eigenvalue weighted by atomic mass is 79.9. The van der Waals surface area contributed by atoms with Crippen LogP contribution < -0.4 is 0 Å². The summed E-state index contributed by atoms with van der Waals surface area (Å²) in [5.74, 6) is 0. The van der Waals surface area contributed by atoms with Crippen LogP contribution in [0.25, 0.3) is 0 Å². The van der Waals surface area contributed by atoms with E-state index in [0.717, 1.165) is 0 Å². The zero-order valence-corrected chi connectivity index (χ0v) is 7.35. The minimum absolute atomic E-state index is 0.0598. The van der Waals surface area contributed by atoms with Gasteiger partial charge in [0.25, 0.3) is 0 Å². The Morgan fingerprint density at radius 3 is 2.80 bits per heavy atom. The van der Waals surface area contributed by atoms with E-state index in [4.69, 9.17) is 16.7 Å². The number of rotatable bonds is 1. The van der Waals surface area contributed by atoms with E-state index in [1.807, 2.05) is 0 Å². The van der Waals surface area contributed by atoms with E-state index in [1.54, 1.807) is 12.1 Å². The number of hydrogen-bond donors (Lipinski definition) is 1. The van der Waals surface area contributed by atoms with Gasteiger partial charge in [0.15, 0.2) is 0 Å². The van der Waals surface area contributed by atoms with Crippen molar-refractivity contribution in [2.24, 2.45) is 0 Å². The third-order valence-corrected chi connectivity index (χ3v) is 2.16. The molecule has 0 bridgehead atoms. The molecular weight excluding hydrogens is 217 g/mol. The summed E-state index contributed by atoms with van der Waals surface area (Å²) in [4.78, 5) is 3.93. The van der Waals surface area contributed by atoms with Crippen LogP contribution >= 0.6 is 27.5 Å². The lowest BCUT2D eigenvalue weighted by atomic mass is 10.4. The van der Waals surface area contributed by atoms with Crippen molar-refractivity contribution in [3.8, 4) is 0 Å². The molecule has 0 aromatic carbocycles. The predicted molar refractivity (Wildman–Crippen MR) is 42.9 cm³/mol. The van der Waals surface area contributed by atoms with Crippen LogP contribution in [0.3, 0.4) is 0 Å². The largest absolute Gasteiger partial charge is 0.390 e. The smallest absolute Gasteiger partial charge is 0.125 e. The number of aromatic nitrogens is 1. The first-order valence-corrected chi connectivity index (χ1v) is 3.83. The van der Waals surface area contributed by atoms with Crippen molar-refractivity contribution >= 4 is 27.5 Å². The average Bonchev–Trinajstić information content (AvgIpc) is 1.95. The highest BCUT2D eigenvalue weighted by molar-refractivity contribution is 9.10. The zero-order chi connectivity index (χ0) is 7.56. The molecule has 0 saturated carbocycles. The SMILES string of the molecule is OCc1ccc(Cl)c(Br)n1. The molecule has 10 heavy (non-hydrogen) atoms. The molecule has 0 unspecified atom stereocenters. The lowest BCUT2D eigenvalue weighted by Gasteiger charge is -1.96. The fraction of sp³-hybridized carbons (Fsp3) is 0.167. The molecule has 0 atom stereocenters. The van der Waals surface area contributed by atoms with Gasteiger partial charge in [0, 0.05) is 0 Å². The minimum Gasteiger partial charge on any atom is -0.390 e. The molecule has 0 radical (unpaired) electrons. The van der Waals surface area contributed by atoms with Crippen LogP contribution in [-0.2, 0) is 6.61 Å². The minimum atomic E-state index is -0.0598. The molecule has 0 aliphatic heterocycles. The monoisotopic (exact) mass is 221 g/mol. The quantitative estimate of drug-likeness (QED) is 0.737. The second-order valence-electron chi connectivity index (χ2n) is 1.73. The zero-order valence-electron chi connectivity index (χ0n) is 5.01. The van der Waals surface area contributed by atoms with E-state index in [-0.39, 0.29) is 6.61 Å². The first-order valence-electron chi connectivity index (χ1n) is 2.66. The van der Waals surface area contributed by atoms with E-state index < -0.39 is 0 Å².